The molecule has 2 fully saturated rings. The molecule has 7 nitrogen and oxygen atoms in total. The maximum atomic E-state index is 12.7. The monoisotopic (exact) mass is 524 g/mol. The summed E-state index contributed by atoms with van der Waals surface area (Å²) in [6.07, 6.45) is 2.99. The van der Waals surface area contributed by atoms with E-state index in [0.29, 0.717) is 25.0 Å². The number of carbonyl (C=O) groups is 1. The van der Waals surface area contributed by atoms with Crippen molar-refractivity contribution in [2.24, 2.45) is 16.8 Å². The summed E-state index contributed by atoms with van der Waals surface area (Å²) in [5, 5.41) is 3.42. The van der Waals surface area contributed by atoms with Crippen LogP contribution in [0.4, 0.5) is 0 Å². The number of rotatable bonds is 8. The second-order valence-corrected chi connectivity index (χ2v) is 7.96. The van der Waals surface area contributed by atoms with Crippen LogP contribution in [0.25, 0.3) is 0 Å². The highest BCUT2D eigenvalue weighted by Gasteiger charge is 2.30. The Labute approximate surface area is 194 Å². The third kappa shape index (κ3) is 8.57. The molecule has 0 aromatic rings. The van der Waals surface area contributed by atoms with Crippen molar-refractivity contribution in [1.82, 2.24) is 15.1 Å². The highest BCUT2D eigenvalue weighted by Crippen LogP contribution is 2.20. The molecule has 0 radical (unpaired) electrons. The van der Waals surface area contributed by atoms with Crippen molar-refractivity contribution in [3.63, 3.8) is 0 Å². The summed E-state index contributed by atoms with van der Waals surface area (Å²) >= 11 is 0. The van der Waals surface area contributed by atoms with Gasteiger partial charge in [0.2, 0.25) is 5.91 Å². The van der Waals surface area contributed by atoms with Gasteiger partial charge in [0, 0.05) is 51.8 Å². The van der Waals surface area contributed by atoms with E-state index >= 15 is 0 Å². The number of halogens is 1. The van der Waals surface area contributed by atoms with Gasteiger partial charge >= 0.3 is 0 Å². The van der Waals surface area contributed by atoms with Gasteiger partial charge in [-0.1, -0.05) is 13.8 Å². The highest BCUT2D eigenvalue weighted by atomic mass is 127. The third-order valence-corrected chi connectivity index (χ3v) is 5.60. The van der Waals surface area contributed by atoms with E-state index in [9.17, 15) is 4.79 Å². The SMILES string of the molecule is CCNC(=NCCC(OCC)C(C)C)N1CCC(C(=O)N2CCOCC2)CC1.I. The van der Waals surface area contributed by atoms with E-state index in [-0.39, 0.29) is 36.0 Å². The molecule has 0 bridgehead atoms. The van der Waals surface area contributed by atoms with E-state index in [1.807, 2.05) is 11.8 Å². The Balaban J connectivity index is 0.00000420. The highest BCUT2D eigenvalue weighted by molar-refractivity contribution is 14.0. The first-order valence-electron chi connectivity index (χ1n) is 11.1. The molecule has 2 aliphatic heterocycles. The van der Waals surface area contributed by atoms with Crippen molar-refractivity contribution in [1.29, 1.82) is 0 Å². The summed E-state index contributed by atoms with van der Waals surface area (Å²) in [5.41, 5.74) is 0. The second-order valence-electron chi connectivity index (χ2n) is 7.96. The predicted molar refractivity (Wildman–Crippen MR) is 128 cm³/mol. The van der Waals surface area contributed by atoms with E-state index in [1.54, 1.807) is 0 Å². The molecule has 0 aliphatic carbocycles. The quantitative estimate of drug-likeness (QED) is 0.301. The minimum Gasteiger partial charge on any atom is -0.378 e. The van der Waals surface area contributed by atoms with Crippen molar-refractivity contribution < 1.29 is 14.3 Å². The van der Waals surface area contributed by atoms with Crippen molar-refractivity contribution in [3.05, 3.63) is 0 Å². The van der Waals surface area contributed by atoms with Crippen molar-refractivity contribution in [2.45, 2.75) is 53.1 Å². The van der Waals surface area contributed by atoms with Gasteiger partial charge in [-0.2, -0.15) is 0 Å². The molecule has 170 valence electrons. The largest absolute Gasteiger partial charge is 0.378 e. The molecule has 8 heteroatoms. The predicted octanol–water partition coefficient (Wildman–Crippen LogP) is 2.59. The maximum absolute atomic E-state index is 12.7. The lowest BCUT2D eigenvalue weighted by Gasteiger charge is -2.36. The molecule has 2 heterocycles. The number of likely N-dealkylation sites (tertiary alicyclic amines) is 1. The first-order valence-corrected chi connectivity index (χ1v) is 11.1. The number of hydrogen-bond acceptors (Lipinski definition) is 4. The van der Waals surface area contributed by atoms with Crippen LogP contribution < -0.4 is 5.32 Å². The summed E-state index contributed by atoms with van der Waals surface area (Å²) in [6, 6.07) is 0. The minimum atomic E-state index is 0. The molecule has 1 unspecified atom stereocenters. The van der Waals surface area contributed by atoms with Gasteiger partial charge in [0.15, 0.2) is 5.96 Å². The topological polar surface area (TPSA) is 66.4 Å². The maximum Gasteiger partial charge on any atom is 0.225 e. The molecule has 0 spiro atoms. The zero-order chi connectivity index (χ0) is 20.4. The van der Waals surface area contributed by atoms with Gasteiger partial charge < -0.3 is 24.6 Å². The van der Waals surface area contributed by atoms with E-state index in [1.165, 1.54) is 0 Å². The smallest absolute Gasteiger partial charge is 0.225 e. The van der Waals surface area contributed by atoms with Crippen LogP contribution in [0.1, 0.15) is 47.0 Å². The number of amides is 1. The fraction of sp³-hybridized carbons (Fsp3) is 0.905. The third-order valence-electron chi connectivity index (χ3n) is 5.60. The molecule has 2 saturated heterocycles. The molecule has 0 saturated carbocycles. The number of piperidine rings is 1. The number of ether oxygens (including phenoxy) is 2. The van der Waals surface area contributed by atoms with Crippen LogP contribution in [0.3, 0.4) is 0 Å². The Hall–Kier alpha value is -0.610. The van der Waals surface area contributed by atoms with Crippen LogP contribution in [0.5, 0.6) is 0 Å². The summed E-state index contributed by atoms with van der Waals surface area (Å²) in [5.74, 6) is 1.92. The van der Waals surface area contributed by atoms with E-state index in [0.717, 1.165) is 71.1 Å². The Kier molecular flexibility index (Phi) is 13.1. The van der Waals surface area contributed by atoms with Crippen LogP contribution in [-0.4, -0.2) is 86.9 Å². The van der Waals surface area contributed by atoms with Gasteiger partial charge in [0.1, 0.15) is 0 Å². The van der Waals surface area contributed by atoms with E-state index in [2.05, 4.69) is 31.0 Å². The van der Waals surface area contributed by atoms with E-state index in [4.69, 9.17) is 14.5 Å². The molecule has 29 heavy (non-hydrogen) atoms. The van der Waals surface area contributed by atoms with Gasteiger partial charge in [-0.25, -0.2) is 0 Å². The van der Waals surface area contributed by atoms with Crippen molar-refractivity contribution in [3.8, 4) is 0 Å². The minimum absolute atomic E-state index is 0. The molecule has 2 rings (SSSR count). The lowest BCUT2D eigenvalue weighted by atomic mass is 9.95. The van der Waals surface area contributed by atoms with Crippen LogP contribution in [0.2, 0.25) is 0 Å². The summed E-state index contributed by atoms with van der Waals surface area (Å²) in [4.78, 5) is 21.8. The molecule has 1 atom stereocenters. The number of nitrogens with one attached hydrogen (secondary N) is 1. The number of carbonyl (C=O) groups excluding carboxylic acids is 1. The molecule has 0 aromatic heterocycles. The second kappa shape index (κ2) is 14.4. The molecular weight excluding hydrogens is 483 g/mol. The molecule has 1 amide bonds. The Morgan fingerprint density at radius 2 is 1.79 bits per heavy atom. The molecule has 1 N–H and O–H groups in total. The lowest BCUT2D eigenvalue weighted by Crippen LogP contribution is -2.50. The standard InChI is InChI=1S/C21H40N4O3.HI/c1-5-22-21(23-10-7-19(17(3)4)28-6-2)25-11-8-18(9-12-25)20(26)24-13-15-27-16-14-24;/h17-19H,5-16H2,1-4H3,(H,22,23);1H. The van der Waals surface area contributed by atoms with Crippen LogP contribution in [-0.2, 0) is 14.3 Å². The zero-order valence-electron chi connectivity index (χ0n) is 18.7. The van der Waals surface area contributed by atoms with Gasteiger partial charge in [-0.05, 0) is 39.0 Å². The zero-order valence-corrected chi connectivity index (χ0v) is 21.0. The van der Waals surface area contributed by atoms with Gasteiger partial charge in [-0.3, -0.25) is 9.79 Å². The molecule has 2 aliphatic rings. The van der Waals surface area contributed by atoms with Crippen LogP contribution in [0, 0.1) is 11.8 Å². The first-order chi connectivity index (χ1) is 13.6. The normalized spacial score (nSPS) is 19.8. The number of nitrogens with zero attached hydrogens (tertiary/aromatic N) is 3. The van der Waals surface area contributed by atoms with Crippen LogP contribution in [0.15, 0.2) is 4.99 Å². The number of aliphatic imine (C=N–C) groups is 1. The fourth-order valence-corrected chi connectivity index (χ4v) is 3.93. The number of guanidine groups is 1. The lowest BCUT2D eigenvalue weighted by molar-refractivity contribution is -0.140. The number of morpholine rings is 1. The van der Waals surface area contributed by atoms with E-state index < -0.39 is 0 Å². The number of hydrogen-bond donors (Lipinski definition) is 1. The van der Waals surface area contributed by atoms with Crippen molar-refractivity contribution >= 4 is 35.8 Å². The molecular formula is C21H41IN4O3. The Morgan fingerprint density at radius 3 is 2.34 bits per heavy atom. The molecule has 0 aromatic carbocycles. The van der Waals surface area contributed by atoms with Gasteiger partial charge in [-0.15, -0.1) is 24.0 Å². The Morgan fingerprint density at radius 1 is 1.14 bits per heavy atom. The summed E-state index contributed by atoms with van der Waals surface area (Å²) in [7, 11) is 0. The fourth-order valence-electron chi connectivity index (χ4n) is 3.93. The van der Waals surface area contributed by atoms with Crippen LogP contribution >= 0.6 is 24.0 Å². The summed E-state index contributed by atoms with van der Waals surface area (Å²) in [6.45, 7) is 15.5. The Bertz CT molecular complexity index is 490. The summed E-state index contributed by atoms with van der Waals surface area (Å²) < 4.78 is 11.2. The average molecular weight is 524 g/mol. The first kappa shape index (κ1) is 26.4. The van der Waals surface area contributed by atoms with Gasteiger partial charge in [0.25, 0.3) is 0 Å². The van der Waals surface area contributed by atoms with Crippen molar-refractivity contribution in [2.75, 3.05) is 59.1 Å². The average Bonchev–Trinajstić information content (AvgIpc) is 2.72. The van der Waals surface area contributed by atoms with Gasteiger partial charge in [0.05, 0.1) is 19.3 Å².